The van der Waals surface area contributed by atoms with E-state index in [1.807, 2.05) is 6.07 Å². The highest BCUT2D eigenvalue weighted by Crippen LogP contribution is 2.34. The lowest BCUT2D eigenvalue weighted by atomic mass is 10.2. The Morgan fingerprint density at radius 3 is 2.90 bits per heavy atom. The van der Waals surface area contributed by atoms with Crippen molar-refractivity contribution < 1.29 is 23.8 Å². The van der Waals surface area contributed by atoms with Crippen LogP contribution in [0.2, 0.25) is 0 Å². The third-order valence-corrected chi connectivity index (χ3v) is 4.09. The molecule has 108 valence electrons. The van der Waals surface area contributed by atoms with Gasteiger partial charge in [-0.05, 0) is 18.2 Å². The summed E-state index contributed by atoms with van der Waals surface area (Å²) in [4.78, 5) is 23.0. The molecule has 1 unspecified atom stereocenters. The predicted molar refractivity (Wildman–Crippen MR) is 77.3 cm³/mol. The van der Waals surface area contributed by atoms with E-state index in [0.717, 1.165) is 4.47 Å². The second-order valence-electron chi connectivity index (χ2n) is 4.06. The van der Waals surface area contributed by atoms with Crippen LogP contribution in [0.5, 0.6) is 0 Å². The number of ether oxygens (including phenoxy) is 3. The number of rotatable bonds is 4. The van der Waals surface area contributed by atoms with Crippen molar-refractivity contribution in [3.05, 3.63) is 34.3 Å². The van der Waals surface area contributed by atoms with E-state index >= 15 is 0 Å². The zero-order chi connectivity index (χ0) is 14.6. The molecule has 0 radical (unpaired) electrons. The first-order valence-electron chi connectivity index (χ1n) is 5.91. The molecule has 1 saturated heterocycles. The Kier molecular flexibility index (Phi) is 5.06. The van der Waals surface area contributed by atoms with E-state index < -0.39 is 17.1 Å². The van der Waals surface area contributed by atoms with Crippen LogP contribution in [0.25, 0.3) is 0 Å². The minimum Gasteiger partial charge on any atom is -0.454 e. The zero-order valence-corrected chi connectivity index (χ0v) is 13.2. The van der Waals surface area contributed by atoms with Gasteiger partial charge in [0.2, 0.25) is 0 Å². The normalized spacial score (nSPS) is 21.5. The van der Waals surface area contributed by atoms with E-state index in [0.29, 0.717) is 17.9 Å². The molecule has 0 aromatic heterocycles. The van der Waals surface area contributed by atoms with E-state index in [-0.39, 0.29) is 6.61 Å². The summed E-state index contributed by atoms with van der Waals surface area (Å²) in [5.74, 6) is -0.284. The molecule has 7 heteroatoms. The third kappa shape index (κ3) is 3.97. The van der Waals surface area contributed by atoms with Gasteiger partial charge < -0.3 is 14.2 Å². The molecule has 1 aliphatic rings. The minimum absolute atomic E-state index is 0.136. The van der Waals surface area contributed by atoms with Gasteiger partial charge in [-0.25, -0.2) is 4.79 Å². The average Bonchev–Trinajstić information content (AvgIpc) is 2.84. The van der Waals surface area contributed by atoms with E-state index in [1.165, 1.54) is 18.7 Å². The van der Waals surface area contributed by atoms with Crippen LogP contribution in [-0.2, 0) is 19.0 Å². The number of carbonyl (C=O) groups is 2. The highest BCUT2D eigenvalue weighted by atomic mass is 79.9. The quantitative estimate of drug-likeness (QED) is 0.769. The number of thioether (sulfide) groups is 1. The number of hydrogen-bond donors (Lipinski definition) is 0. The van der Waals surface area contributed by atoms with Crippen LogP contribution < -0.4 is 0 Å². The summed E-state index contributed by atoms with van der Waals surface area (Å²) in [6.07, 6.45) is 0. The van der Waals surface area contributed by atoms with Crippen LogP contribution in [0.3, 0.4) is 0 Å². The summed E-state index contributed by atoms with van der Waals surface area (Å²) in [5, 5.41) is -1.21. The molecule has 1 fully saturated rings. The average molecular weight is 361 g/mol. The summed E-state index contributed by atoms with van der Waals surface area (Å²) in [6.45, 7) is 1.61. The molecule has 1 aliphatic heterocycles. The van der Waals surface area contributed by atoms with Gasteiger partial charge in [0.25, 0.3) is 5.12 Å². The van der Waals surface area contributed by atoms with Crippen molar-refractivity contribution in [3.8, 4) is 0 Å². The molecule has 0 aliphatic carbocycles. The third-order valence-electron chi connectivity index (χ3n) is 2.47. The van der Waals surface area contributed by atoms with Crippen LogP contribution in [0.1, 0.15) is 17.3 Å². The smallest absolute Gasteiger partial charge is 0.338 e. The van der Waals surface area contributed by atoms with Crippen molar-refractivity contribution >= 4 is 39.6 Å². The molecule has 2 rings (SSSR count). The van der Waals surface area contributed by atoms with Gasteiger partial charge in [0.15, 0.2) is 6.61 Å². The lowest BCUT2D eigenvalue weighted by Crippen LogP contribution is -2.36. The van der Waals surface area contributed by atoms with Crippen LogP contribution in [0.4, 0.5) is 0 Å². The highest BCUT2D eigenvalue weighted by Gasteiger charge is 2.41. The van der Waals surface area contributed by atoms with Gasteiger partial charge in [-0.15, -0.1) is 0 Å². The fourth-order valence-corrected chi connectivity index (χ4v) is 3.04. The van der Waals surface area contributed by atoms with Gasteiger partial charge >= 0.3 is 11.9 Å². The fourth-order valence-electron chi connectivity index (χ4n) is 1.68. The maximum absolute atomic E-state index is 11.9. The molecule has 1 aromatic rings. The second kappa shape index (κ2) is 6.60. The number of carbonyl (C=O) groups excluding carboxylic acids is 2. The molecule has 0 spiro atoms. The molecule has 1 heterocycles. The van der Waals surface area contributed by atoms with E-state index in [1.54, 1.807) is 18.2 Å². The first-order chi connectivity index (χ1) is 9.51. The van der Waals surface area contributed by atoms with Crippen molar-refractivity contribution in [2.45, 2.75) is 12.0 Å². The first kappa shape index (κ1) is 15.3. The van der Waals surface area contributed by atoms with Crippen molar-refractivity contribution in [1.82, 2.24) is 0 Å². The standard InChI is InChI=1S/C13H13BrO5S/c1-9(15)19-13(18-5-6-20-13)8-17-12(16)10-3-2-4-11(14)7-10/h2-4,7H,5-6,8H2,1H3. The molecular weight excluding hydrogens is 348 g/mol. The Morgan fingerprint density at radius 2 is 2.30 bits per heavy atom. The summed E-state index contributed by atoms with van der Waals surface area (Å²) in [6, 6.07) is 6.86. The van der Waals surface area contributed by atoms with Crippen LogP contribution >= 0.6 is 27.7 Å². The topological polar surface area (TPSA) is 61.8 Å². The molecule has 1 atom stereocenters. The summed E-state index contributed by atoms with van der Waals surface area (Å²) < 4.78 is 16.5. The van der Waals surface area contributed by atoms with Crippen molar-refractivity contribution in [2.75, 3.05) is 19.0 Å². The Bertz CT molecular complexity index is 513. The van der Waals surface area contributed by atoms with Crippen LogP contribution in [0, 0.1) is 0 Å². The molecule has 20 heavy (non-hydrogen) atoms. The largest absolute Gasteiger partial charge is 0.454 e. The second-order valence-corrected chi connectivity index (χ2v) is 6.29. The maximum Gasteiger partial charge on any atom is 0.338 e. The zero-order valence-electron chi connectivity index (χ0n) is 10.8. The van der Waals surface area contributed by atoms with Crippen molar-refractivity contribution in [2.24, 2.45) is 0 Å². The molecule has 0 N–H and O–H groups in total. The molecule has 0 bridgehead atoms. The Morgan fingerprint density at radius 1 is 1.50 bits per heavy atom. The fraction of sp³-hybridized carbons (Fsp3) is 0.385. The lowest BCUT2D eigenvalue weighted by Gasteiger charge is -2.25. The van der Waals surface area contributed by atoms with Gasteiger partial charge in [0.05, 0.1) is 12.2 Å². The van der Waals surface area contributed by atoms with Crippen LogP contribution in [0.15, 0.2) is 28.7 Å². The molecular formula is C13H13BrO5S. The van der Waals surface area contributed by atoms with E-state index in [9.17, 15) is 9.59 Å². The molecule has 1 aromatic carbocycles. The number of benzene rings is 1. The Hall–Kier alpha value is -1.05. The van der Waals surface area contributed by atoms with Gasteiger partial charge in [-0.2, -0.15) is 0 Å². The molecule has 0 saturated carbocycles. The summed E-state index contributed by atoms with van der Waals surface area (Å²) >= 11 is 4.59. The van der Waals surface area contributed by atoms with Crippen molar-refractivity contribution in [3.63, 3.8) is 0 Å². The molecule has 5 nitrogen and oxygen atoms in total. The van der Waals surface area contributed by atoms with Gasteiger partial charge in [0, 0.05) is 17.1 Å². The predicted octanol–water partition coefficient (Wildman–Crippen LogP) is 2.59. The minimum atomic E-state index is -1.21. The van der Waals surface area contributed by atoms with Gasteiger partial charge in [0.1, 0.15) is 0 Å². The molecule has 0 amide bonds. The van der Waals surface area contributed by atoms with Gasteiger partial charge in [-0.1, -0.05) is 33.8 Å². The monoisotopic (exact) mass is 360 g/mol. The first-order valence-corrected chi connectivity index (χ1v) is 7.69. The number of esters is 2. The maximum atomic E-state index is 11.9. The Labute approximate surface area is 129 Å². The lowest BCUT2D eigenvalue weighted by molar-refractivity contribution is -0.193. The highest BCUT2D eigenvalue weighted by molar-refractivity contribution is 9.10. The van der Waals surface area contributed by atoms with Gasteiger partial charge in [-0.3, -0.25) is 4.79 Å². The summed E-state index contributed by atoms with van der Waals surface area (Å²) in [5.41, 5.74) is 0.417. The Balaban J connectivity index is 1.99. The van der Waals surface area contributed by atoms with E-state index in [4.69, 9.17) is 14.2 Å². The SMILES string of the molecule is CC(=O)OC1(COC(=O)c2cccc(Br)c2)OCCS1. The van der Waals surface area contributed by atoms with E-state index in [2.05, 4.69) is 15.9 Å². The number of hydrogen-bond acceptors (Lipinski definition) is 6. The van der Waals surface area contributed by atoms with Crippen LogP contribution in [-0.4, -0.2) is 36.0 Å². The van der Waals surface area contributed by atoms with Crippen molar-refractivity contribution in [1.29, 1.82) is 0 Å². The number of halogens is 1. The summed E-state index contributed by atoms with van der Waals surface area (Å²) in [7, 11) is 0.